The summed E-state index contributed by atoms with van der Waals surface area (Å²) in [6.45, 7) is 2.23. The third-order valence-electron chi connectivity index (χ3n) is 4.06. The van der Waals surface area contributed by atoms with Crippen LogP contribution in [-0.4, -0.2) is 11.1 Å². The van der Waals surface area contributed by atoms with E-state index in [1.54, 1.807) is 0 Å². The van der Waals surface area contributed by atoms with Gasteiger partial charge in [-0.3, -0.25) is 4.79 Å². The van der Waals surface area contributed by atoms with Crippen molar-refractivity contribution in [1.29, 1.82) is 0 Å². The molecule has 1 rings (SSSR count). The van der Waals surface area contributed by atoms with Gasteiger partial charge in [-0.25, -0.2) is 0 Å². The van der Waals surface area contributed by atoms with Crippen molar-refractivity contribution < 1.29 is 14.3 Å². The van der Waals surface area contributed by atoms with Crippen molar-refractivity contribution in [3.8, 4) is 0 Å². The maximum Gasteiger partial charge on any atom is 0.303 e. The van der Waals surface area contributed by atoms with E-state index >= 15 is 0 Å². The minimum Gasteiger partial charge on any atom is -0.481 e. The van der Waals surface area contributed by atoms with E-state index in [4.69, 9.17) is 9.52 Å². The van der Waals surface area contributed by atoms with E-state index < -0.39 is 5.97 Å². The van der Waals surface area contributed by atoms with Crippen LogP contribution in [0.5, 0.6) is 0 Å². The SMILES string of the molecule is CCCCCCc1ccc(CCCCCCCCC(=O)O)o1. The van der Waals surface area contributed by atoms with E-state index in [2.05, 4.69) is 19.1 Å². The first-order valence-electron chi connectivity index (χ1n) is 9.01. The molecule has 3 heteroatoms. The lowest BCUT2D eigenvalue weighted by Crippen LogP contribution is -1.93. The Kier molecular flexibility index (Phi) is 10.5. The van der Waals surface area contributed by atoms with E-state index in [1.807, 2.05) is 0 Å². The van der Waals surface area contributed by atoms with Crippen molar-refractivity contribution in [2.24, 2.45) is 0 Å². The van der Waals surface area contributed by atoms with Gasteiger partial charge in [0.25, 0.3) is 0 Å². The standard InChI is InChI=1S/C19H32O3/c1-2-3-4-9-12-17-15-16-18(22-17)13-10-7-5-6-8-11-14-19(20)21/h15-16H,2-14H2,1H3,(H,20,21). The normalized spacial score (nSPS) is 11.0. The van der Waals surface area contributed by atoms with Gasteiger partial charge in [0, 0.05) is 19.3 Å². The van der Waals surface area contributed by atoms with Gasteiger partial charge in [0.15, 0.2) is 0 Å². The summed E-state index contributed by atoms with van der Waals surface area (Å²) in [7, 11) is 0. The van der Waals surface area contributed by atoms with Gasteiger partial charge in [-0.1, -0.05) is 51.9 Å². The highest BCUT2D eigenvalue weighted by Gasteiger charge is 2.02. The van der Waals surface area contributed by atoms with Crippen LogP contribution in [0.4, 0.5) is 0 Å². The van der Waals surface area contributed by atoms with Crippen molar-refractivity contribution in [3.05, 3.63) is 23.7 Å². The number of carbonyl (C=O) groups is 1. The number of carboxylic acid groups (broad SMARTS) is 1. The van der Waals surface area contributed by atoms with Gasteiger partial charge in [-0.2, -0.15) is 0 Å². The molecule has 22 heavy (non-hydrogen) atoms. The molecule has 0 fully saturated rings. The van der Waals surface area contributed by atoms with Gasteiger partial charge < -0.3 is 9.52 Å². The molecule has 0 saturated heterocycles. The van der Waals surface area contributed by atoms with Gasteiger partial charge in [0.1, 0.15) is 11.5 Å². The lowest BCUT2D eigenvalue weighted by atomic mass is 10.1. The fraction of sp³-hybridized carbons (Fsp3) is 0.737. The minimum atomic E-state index is -0.677. The third kappa shape index (κ3) is 9.64. The maximum absolute atomic E-state index is 10.4. The zero-order valence-corrected chi connectivity index (χ0v) is 14.1. The first-order valence-corrected chi connectivity index (χ1v) is 9.01. The number of furan rings is 1. The Morgan fingerprint density at radius 3 is 1.91 bits per heavy atom. The lowest BCUT2D eigenvalue weighted by Gasteiger charge is -2.01. The highest BCUT2D eigenvalue weighted by Crippen LogP contribution is 2.15. The molecule has 0 aliphatic heterocycles. The van der Waals surface area contributed by atoms with Crippen LogP contribution in [0.1, 0.15) is 89.1 Å². The number of carboxylic acids is 1. The van der Waals surface area contributed by atoms with Gasteiger partial charge in [-0.05, 0) is 31.4 Å². The van der Waals surface area contributed by atoms with Crippen molar-refractivity contribution in [2.75, 3.05) is 0 Å². The molecular formula is C19H32O3. The molecule has 126 valence electrons. The second-order valence-electron chi connectivity index (χ2n) is 6.19. The zero-order valence-electron chi connectivity index (χ0n) is 14.1. The fourth-order valence-corrected chi connectivity index (χ4v) is 2.70. The molecule has 0 aromatic carbocycles. The topological polar surface area (TPSA) is 50.4 Å². The molecule has 0 bridgehead atoms. The molecule has 0 atom stereocenters. The summed E-state index contributed by atoms with van der Waals surface area (Å²) in [5.41, 5.74) is 0. The first-order chi connectivity index (χ1) is 10.7. The zero-order chi connectivity index (χ0) is 16.0. The Morgan fingerprint density at radius 1 is 0.864 bits per heavy atom. The second-order valence-corrected chi connectivity index (χ2v) is 6.19. The largest absolute Gasteiger partial charge is 0.481 e. The van der Waals surface area contributed by atoms with Crippen LogP contribution in [-0.2, 0) is 17.6 Å². The highest BCUT2D eigenvalue weighted by atomic mass is 16.4. The molecule has 0 spiro atoms. The Morgan fingerprint density at radius 2 is 1.36 bits per heavy atom. The minimum absolute atomic E-state index is 0.313. The van der Waals surface area contributed by atoms with E-state index in [0.717, 1.165) is 43.6 Å². The smallest absolute Gasteiger partial charge is 0.303 e. The summed E-state index contributed by atoms with van der Waals surface area (Å²) >= 11 is 0. The number of aryl methyl sites for hydroxylation is 2. The average molecular weight is 308 g/mol. The molecule has 0 aliphatic carbocycles. The molecular weight excluding hydrogens is 276 g/mol. The predicted molar refractivity (Wildman–Crippen MR) is 90.2 cm³/mol. The molecule has 1 aromatic rings. The van der Waals surface area contributed by atoms with Crippen molar-refractivity contribution in [3.63, 3.8) is 0 Å². The third-order valence-corrected chi connectivity index (χ3v) is 4.06. The quantitative estimate of drug-likeness (QED) is 0.444. The molecule has 0 saturated carbocycles. The van der Waals surface area contributed by atoms with E-state index in [0.29, 0.717) is 6.42 Å². The molecule has 1 N–H and O–H groups in total. The molecule has 0 unspecified atom stereocenters. The summed E-state index contributed by atoms with van der Waals surface area (Å²) in [6, 6.07) is 4.26. The van der Waals surface area contributed by atoms with Crippen LogP contribution in [0.2, 0.25) is 0 Å². The number of hydrogen-bond donors (Lipinski definition) is 1. The Balaban J connectivity index is 1.98. The Labute approximate surface area is 135 Å². The first kappa shape index (κ1) is 18.8. The highest BCUT2D eigenvalue weighted by molar-refractivity contribution is 5.66. The second kappa shape index (κ2) is 12.3. The summed E-state index contributed by atoms with van der Waals surface area (Å²) in [4.78, 5) is 10.4. The Bertz CT molecular complexity index is 395. The summed E-state index contributed by atoms with van der Waals surface area (Å²) < 4.78 is 5.87. The summed E-state index contributed by atoms with van der Waals surface area (Å²) in [5.74, 6) is 1.58. The van der Waals surface area contributed by atoms with E-state index in [1.165, 1.54) is 44.9 Å². The fourth-order valence-electron chi connectivity index (χ4n) is 2.70. The van der Waals surface area contributed by atoms with E-state index in [-0.39, 0.29) is 0 Å². The van der Waals surface area contributed by atoms with Gasteiger partial charge >= 0.3 is 5.97 Å². The van der Waals surface area contributed by atoms with Crippen LogP contribution in [0.25, 0.3) is 0 Å². The van der Waals surface area contributed by atoms with Crippen LogP contribution in [0.3, 0.4) is 0 Å². The molecule has 3 nitrogen and oxygen atoms in total. The van der Waals surface area contributed by atoms with Gasteiger partial charge in [0.2, 0.25) is 0 Å². The molecule has 0 aliphatic rings. The lowest BCUT2D eigenvalue weighted by molar-refractivity contribution is -0.137. The van der Waals surface area contributed by atoms with Crippen molar-refractivity contribution in [2.45, 2.75) is 90.4 Å². The number of unbranched alkanes of at least 4 members (excludes halogenated alkanes) is 8. The van der Waals surface area contributed by atoms with E-state index in [9.17, 15) is 4.79 Å². The van der Waals surface area contributed by atoms with Crippen LogP contribution in [0, 0.1) is 0 Å². The number of rotatable bonds is 14. The molecule has 0 radical (unpaired) electrons. The summed E-state index contributed by atoms with van der Waals surface area (Å²) in [5, 5.41) is 8.55. The molecule has 0 amide bonds. The molecule has 1 aromatic heterocycles. The Hall–Kier alpha value is -1.25. The average Bonchev–Trinajstić information content (AvgIpc) is 2.94. The number of hydrogen-bond acceptors (Lipinski definition) is 2. The van der Waals surface area contributed by atoms with Crippen molar-refractivity contribution >= 4 is 5.97 Å². The van der Waals surface area contributed by atoms with Crippen molar-refractivity contribution in [1.82, 2.24) is 0 Å². The monoisotopic (exact) mass is 308 g/mol. The van der Waals surface area contributed by atoms with Gasteiger partial charge in [-0.15, -0.1) is 0 Å². The maximum atomic E-state index is 10.4. The number of aliphatic carboxylic acids is 1. The van der Waals surface area contributed by atoms with Crippen LogP contribution < -0.4 is 0 Å². The van der Waals surface area contributed by atoms with Gasteiger partial charge in [0.05, 0.1) is 0 Å². The van der Waals surface area contributed by atoms with Crippen LogP contribution in [0.15, 0.2) is 16.5 Å². The summed E-state index contributed by atoms with van der Waals surface area (Å²) in [6.07, 6.45) is 14.1. The predicted octanol–water partition coefficient (Wildman–Crippen LogP) is 5.76. The molecule has 1 heterocycles. The van der Waals surface area contributed by atoms with Crippen LogP contribution >= 0.6 is 0 Å².